The molecule has 0 fully saturated rings. The quantitative estimate of drug-likeness (QED) is 0.763. The smallest absolute Gasteiger partial charge is 0.341 e. The van der Waals surface area contributed by atoms with Gasteiger partial charge in [-0.2, -0.15) is 0 Å². The molecule has 0 saturated heterocycles. The van der Waals surface area contributed by atoms with Gasteiger partial charge in [-0.15, -0.1) is 11.3 Å². The van der Waals surface area contributed by atoms with Gasteiger partial charge in [0.15, 0.2) is 9.84 Å². The average molecular weight is 409 g/mol. The van der Waals surface area contributed by atoms with Crippen molar-refractivity contribution in [2.24, 2.45) is 0 Å². The number of anilines is 1. The van der Waals surface area contributed by atoms with Crippen LogP contribution in [0.3, 0.4) is 0 Å². The highest BCUT2D eigenvalue weighted by molar-refractivity contribution is 7.90. The first-order valence-corrected chi connectivity index (χ1v) is 11.0. The van der Waals surface area contributed by atoms with Crippen molar-refractivity contribution in [3.8, 4) is 5.75 Å². The number of carbonyl (C=O) groups excluding carboxylic acids is 2. The van der Waals surface area contributed by atoms with Gasteiger partial charge in [-0.3, -0.25) is 4.79 Å². The Hall–Kier alpha value is -2.39. The Labute approximate surface area is 161 Å². The molecule has 2 aromatic rings. The van der Waals surface area contributed by atoms with Gasteiger partial charge in [-0.25, -0.2) is 13.2 Å². The number of hydrogen-bond acceptors (Lipinski definition) is 7. The molecule has 1 aliphatic rings. The monoisotopic (exact) mass is 409 g/mol. The van der Waals surface area contributed by atoms with E-state index in [9.17, 15) is 18.0 Å². The molecule has 0 bridgehead atoms. The van der Waals surface area contributed by atoms with Crippen LogP contribution in [0.4, 0.5) is 5.00 Å². The summed E-state index contributed by atoms with van der Waals surface area (Å²) in [5, 5.41) is 3.03. The number of esters is 1. The molecule has 0 atom stereocenters. The van der Waals surface area contributed by atoms with Crippen molar-refractivity contribution in [1.29, 1.82) is 0 Å². The zero-order chi connectivity index (χ0) is 19.6. The summed E-state index contributed by atoms with van der Waals surface area (Å²) < 4.78 is 34.2. The Morgan fingerprint density at radius 3 is 2.70 bits per heavy atom. The van der Waals surface area contributed by atoms with E-state index in [0.29, 0.717) is 26.8 Å². The zero-order valence-corrected chi connectivity index (χ0v) is 16.5. The van der Waals surface area contributed by atoms with Gasteiger partial charge < -0.3 is 14.8 Å². The van der Waals surface area contributed by atoms with E-state index >= 15 is 0 Å². The molecule has 1 aliphatic heterocycles. The number of sulfone groups is 1. The van der Waals surface area contributed by atoms with Crippen LogP contribution < -0.4 is 10.1 Å². The maximum absolute atomic E-state index is 12.7. The lowest BCUT2D eigenvalue weighted by Gasteiger charge is -2.13. The fraction of sp³-hybridized carbons (Fsp3) is 0.333. The van der Waals surface area contributed by atoms with Gasteiger partial charge in [0, 0.05) is 4.88 Å². The summed E-state index contributed by atoms with van der Waals surface area (Å²) in [4.78, 5) is 25.7. The first-order chi connectivity index (χ1) is 12.9. The summed E-state index contributed by atoms with van der Waals surface area (Å²) in [5.74, 6) is -0.770. The third-order valence-corrected chi connectivity index (χ3v) is 7.05. The normalized spacial score (nSPS) is 14.9. The SMILES string of the molecule is CCOC(=O)c1c(NC(=O)c2ccccc2OC)sc2c1CCS(=O)(=O)C2. The summed E-state index contributed by atoms with van der Waals surface area (Å²) in [6, 6.07) is 6.72. The predicted octanol–water partition coefficient (Wildman–Crippen LogP) is 2.66. The molecule has 1 aromatic heterocycles. The molecular formula is C18H19NO6S2. The number of carbonyl (C=O) groups is 2. The Morgan fingerprint density at radius 1 is 1.26 bits per heavy atom. The zero-order valence-electron chi connectivity index (χ0n) is 14.9. The van der Waals surface area contributed by atoms with Gasteiger partial charge in [-0.1, -0.05) is 12.1 Å². The number of rotatable bonds is 5. The van der Waals surface area contributed by atoms with Crippen LogP contribution in [-0.2, 0) is 26.7 Å². The minimum Gasteiger partial charge on any atom is -0.496 e. The molecule has 1 amide bonds. The van der Waals surface area contributed by atoms with Crippen molar-refractivity contribution in [1.82, 2.24) is 0 Å². The maximum atomic E-state index is 12.7. The molecule has 0 aliphatic carbocycles. The number of hydrogen-bond donors (Lipinski definition) is 1. The molecule has 3 rings (SSSR count). The third kappa shape index (κ3) is 3.98. The first kappa shape index (κ1) is 19.4. The summed E-state index contributed by atoms with van der Waals surface area (Å²) >= 11 is 1.10. The topological polar surface area (TPSA) is 98.8 Å². The lowest BCUT2D eigenvalue weighted by molar-refractivity contribution is 0.0527. The fourth-order valence-electron chi connectivity index (χ4n) is 2.93. The van der Waals surface area contributed by atoms with Gasteiger partial charge in [0.2, 0.25) is 0 Å². The lowest BCUT2D eigenvalue weighted by atomic mass is 10.1. The third-order valence-electron chi connectivity index (χ3n) is 4.16. The van der Waals surface area contributed by atoms with Gasteiger partial charge in [0.25, 0.3) is 5.91 Å². The second-order valence-corrected chi connectivity index (χ2v) is 9.21. The number of amides is 1. The number of ether oxygens (including phenoxy) is 2. The van der Waals surface area contributed by atoms with Crippen molar-refractivity contribution in [3.63, 3.8) is 0 Å². The molecule has 144 valence electrons. The first-order valence-electron chi connectivity index (χ1n) is 8.32. The standard InChI is InChI=1S/C18H19NO6S2/c1-3-25-18(21)15-12-8-9-27(22,23)10-14(12)26-17(15)19-16(20)11-6-4-5-7-13(11)24-2/h4-7H,3,8-10H2,1-2H3,(H,19,20). The maximum Gasteiger partial charge on any atom is 0.341 e. The summed E-state index contributed by atoms with van der Waals surface area (Å²) in [6.07, 6.45) is 0.229. The molecule has 1 aromatic carbocycles. The van der Waals surface area contributed by atoms with Crippen molar-refractivity contribution in [2.45, 2.75) is 19.1 Å². The van der Waals surface area contributed by atoms with Gasteiger partial charge in [0.1, 0.15) is 10.8 Å². The highest BCUT2D eigenvalue weighted by Crippen LogP contribution is 2.38. The Kier molecular flexibility index (Phi) is 5.52. The van der Waals surface area contributed by atoms with E-state index in [2.05, 4.69) is 5.32 Å². The highest BCUT2D eigenvalue weighted by Gasteiger charge is 2.32. The molecule has 27 heavy (non-hydrogen) atoms. The van der Waals surface area contributed by atoms with E-state index in [1.165, 1.54) is 7.11 Å². The Balaban J connectivity index is 2.00. The van der Waals surface area contributed by atoms with Crippen LogP contribution in [0.5, 0.6) is 5.75 Å². The molecule has 0 radical (unpaired) electrons. The van der Waals surface area contributed by atoms with E-state index in [1.54, 1.807) is 31.2 Å². The van der Waals surface area contributed by atoms with Crippen LogP contribution in [0, 0.1) is 0 Å². The van der Waals surface area contributed by atoms with Crippen molar-refractivity contribution >= 4 is 38.1 Å². The molecule has 0 unspecified atom stereocenters. The van der Waals surface area contributed by atoms with Crippen LogP contribution in [0.1, 0.15) is 38.1 Å². The van der Waals surface area contributed by atoms with E-state index < -0.39 is 21.7 Å². The van der Waals surface area contributed by atoms with Crippen LogP contribution in [-0.4, -0.2) is 39.8 Å². The average Bonchev–Trinajstić information content (AvgIpc) is 2.97. The number of para-hydroxylation sites is 1. The van der Waals surface area contributed by atoms with Crippen molar-refractivity contribution in [2.75, 3.05) is 24.8 Å². The minimum atomic E-state index is -3.20. The molecule has 9 heteroatoms. The second kappa shape index (κ2) is 7.69. The molecule has 2 heterocycles. The van der Waals surface area contributed by atoms with Gasteiger partial charge in [-0.05, 0) is 31.0 Å². The van der Waals surface area contributed by atoms with E-state index in [0.717, 1.165) is 11.3 Å². The summed E-state index contributed by atoms with van der Waals surface area (Å²) in [7, 11) is -1.74. The van der Waals surface area contributed by atoms with Crippen LogP contribution in [0.25, 0.3) is 0 Å². The molecule has 1 N–H and O–H groups in total. The number of methoxy groups -OCH3 is 1. The molecule has 7 nitrogen and oxygen atoms in total. The number of benzene rings is 1. The molecular weight excluding hydrogens is 390 g/mol. The van der Waals surface area contributed by atoms with Gasteiger partial charge in [0.05, 0.1) is 36.3 Å². The minimum absolute atomic E-state index is 0.0248. The van der Waals surface area contributed by atoms with E-state index in [1.807, 2.05) is 0 Å². The highest BCUT2D eigenvalue weighted by atomic mass is 32.2. The van der Waals surface area contributed by atoms with Crippen molar-refractivity contribution < 1.29 is 27.5 Å². The van der Waals surface area contributed by atoms with Crippen LogP contribution >= 0.6 is 11.3 Å². The number of nitrogens with one attached hydrogen (secondary N) is 1. The summed E-state index contributed by atoms with van der Waals surface area (Å²) in [5.41, 5.74) is 1.20. The van der Waals surface area contributed by atoms with E-state index in [4.69, 9.17) is 9.47 Å². The Bertz CT molecular complexity index is 993. The Morgan fingerprint density at radius 2 is 2.00 bits per heavy atom. The van der Waals surface area contributed by atoms with Gasteiger partial charge >= 0.3 is 5.97 Å². The summed E-state index contributed by atoms with van der Waals surface area (Å²) in [6.45, 7) is 1.87. The lowest BCUT2D eigenvalue weighted by Crippen LogP contribution is -2.20. The fourth-order valence-corrected chi connectivity index (χ4v) is 5.97. The van der Waals surface area contributed by atoms with Crippen LogP contribution in [0.15, 0.2) is 24.3 Å². The van der Waals surface area contributed by atoms with Crippen LogP contribution in [0.2, 0.25) is 0 Å². The number of fused-ring (bicyclic) bond motifs is 1. The second-order valence-electron chi connectivity index (χ2n) is 5.92. The molecule has 0 saturated carbocycles. The number of thiophene rings is 1. The molecule has 0 spiro atoms. The van der Waals surface area contributed by atoms with Crippen molar-refractivity contribution in [3.05, 3.63) is 45.8 Å². The van der Waals surface area contributed by atoms with E-state index in [-0.39, 0.29) is 30.1 Å². The largest absolute Gasteiger partial charge is 0.496 e. The predicted molar refractivity (Wildman–Crippen MR) is 102 cm³/mol.